The zero-order valence-electron chi connectivity index (χ0n) is 12.3. The van der Waals surface area contributed by atoms with Gasteiger partial charge in [0.25, 0.3) is 0 Å². The van der Waals surface area contributed by atoms with Crippen molar-refractivity contribution in [1.29, 1.82) is 0 Å². The molecule has 0 bridgehead atoms. The number of hydrogen-bond acceptors (Lipinski definition) is 3. The SMILES string of the molecule is Cl.N[C@H](c1ccc(OC(F)(F)C(F)F)cc1)[C@@H](O)C1CCCC1. The number of nitrogens with two attached hydrogens (primary N) is 1. The van der Waals surface area contributed by atoms with E-state index in [9.17, 15) is 22.7 Å². The van der Waals surface area contributed by atoms with E-state index in [1.165, 1.54) is 12.1 Å². The summed E-state index contributed by atoms with van der Waals surface area (Å²) in [6.45, 7) is 0. The third kappa shape index (κ3) is 4.96. The fraction of sp³-hybridized carbons (Fsp3) is 0.600. The maximum atomic E-state index is 12.8. The van der Waals surface area contributed by atoms with Crippen LogP contribution in [-0.4, -0.2) is 23.7 Å². The molecule has 0 unspecified atom stereocenters. The maximum Gasteiger partial charge on any atom is 0.461 e. The number of rotatable bonds is 6. The van der Waals surface area contributed by atoms with E-state index in [4.69, 9.17) is 5.73 Å². The third-order valence-corrected chi connectivity index (χ3v) is 4.02. The Balaban J connectivity index is 0.00000264. The Hall–Kier alpha value is -1.05. The first kappa shape index (κ1) is 20.0. The monoisotopic (exact) mass is 357 g/mol. The van der Waals surface area contributed by atoms with E-state index < -0.39 is 24.7 Å². The molecule has 132 valence electrons. The van der Waals surface area contributed by atoms with Gasteiger partial charge in [-0.15, -0.1) is 12.4 Å². The first-order valence-electron chi connectivity index (χ1n) is 7.20. The minimum Gasteiger partial charge on any atom is -0.428 e. The lowest BCUT2D eigenvalue weighted by molar-refractivity contribution is -0.253. The second kappa shape index (κ2) is 8.17. The fourth-order valence-corrected chi connectivity index (χ4v) is 2.75. The van der Waals surface area contributed by atoms with Crippen LogP contribution in [0, 0.1) is 5.92 Å². The van der Waals surface area contributed by atoms with Crippen LogP contribution in [0.15, 0.2) is 24.3 Å². The van der Waals surface area contributed by atoms with Gasteiger partial charge < -0.3 is 15.6 Å². The lowest BCUT2D eigenvalue weighted by Crippen LogP contribution is -2.33. The molecule has 0 amide bonds. The Labute approximate surface area is 138 Å². The van der Waals surface area contributed by atoms with E-state index in [-0.39, 0.29) is 24.1 Å². The minimum atomic E-state index is -4.53. The van der Waals surface area contributed by atoms with Crippen molar-refractivity contribution in [2.24, 2.45) is 11.7 Å². The van der Waals surface area contributed by atoms with Crippen LogP contribution in [-0.2, 0) is 0 Å². The van der Waals surface area contributed by atoms with Crippen LogP contribution in [0.25, 0.3) is 0 Å². The van der Waals surface area contributed by atoms with Gasteiger partial charge in [-0.3, -0.25) is 0 Å². The van der Waals surface area contributed by atoms with Crippen LogP contribution in [0.1, 0.15) is 37.3 Å². The van der Waals surface area contributed by atoms with Gasteiger partial charge in [-0.1, -0.05) is 25.0 Å². The number of ether oxygens (including phenoxy) is 1. The fourth-order valence-electron chi connectivity index (χ4n) is 2.75. The average molecular weight is 358 g/mol. The number of benzene rings is 1. The molecular formula is C15H20ClF4NO2. The van der Waals surface area contributed by atoms with Crippen LogP contribution in [0.2, 0.25) is 0 Å². The van der Waals surface area contributed by atoms with E-state index in [0.717, 1.165) is 37.8 Å². The molecule has 1 aromatic rings. The number of aliphatic hydroxyl groups excluding tert-OH is 1. The molecule has 3 N–H and O–H groups in total. The Kier molecular flexibility index (Phi) is 7.10. The molecule has 0 aromatic heterocycles. The molecule has 0 saturated heterocycles. The normalized spacial score (nSPS) is 18.6. The summed E-state index contributed by atoms with van der Waals surface area (Å²) in [7, 11) is 0. The number of halogens is 5. The van der Waals surface area contributed by atoms with Crippen molar-refractivity contribution in [1.82, 2.24) is 0 Å². The first-order valence-corrected chi connectivity index (χ1v) is 7.20. The summed E-state index contributed by atoms with van der Waals surface area (Å²) in [5.41, 5.74) is 6.53. The standard InChI is InChI=1S/C15H19F4NO2.ClH/c16-14(17)15(18,19)22-11-7-5-9(6-8-11)12(20)13(21)10-3-1-2-4-10;/h5-8,10,12-14,21H,1-4,20H2;1H/t12-,13+;/m1./s1. The molecule has 1 fully saturated rings. The molecule has 2 rings (SSSR count). The highest BCUT2D eigenvalue weighted by molar-refractivity contribution is 5.85. The highest BCUT2D eigenvalue weighted by Gasteiger charge is 2.44. The molecule has 1 aliphatic rings. The molecule has 1 aromatic carbocycles. The summed E-state index contributed by atoms with van der Waals surface area (Å²) >= 11 is 0. The van der Waals surface area contributed by atoms with Crippen molar-refractivity contribution < 1.29 is 27.4 Å². The van der Waals surface area contributed by atoms with Gasteiger partial charge in [0.15, 0.2) is 0 Å². The number of alkyl halides is 4. The molecule has 0 spiro atoms. The summed E-state index contributed by atoms with van der Waals surface area (Å²) in [5, 5.41) is 10.2. The van der Waals surface area contributed by atoms with Gasteiger partial charge >= 0.3 is 12.5 Å². The average Bonchev–Trinajstić information content (AvgIpc) is 3.00. The van der Waals surface area contributed by atoms with Crippen molar-refractivity contribution in [2.45, 2.75) is 50.4 Å². The van der Waals surface area contributed by atoms with Gasteiger partial charge in [0.2, 0.25) is 0 Å². The topological polar surface area (TPSA) is 55.5 Å². The second-order valence-electron chi connectivity index (χ2n) is 5.59. The first-order chi connectivity index (χ1) is 10.3. The van der Waals surface area contributed by atoms with Gasteiger partial charge in [0.1, 0.15) is 5.75 Å². The lowest BCUT2D eigenvalue weighted by Gasteiger charge is -2.25. The summed E-state index contributed by atoms with van der Waals surface area (Å²) in [6, 6.07) is 4.45. The van der Waals surface area contributed by atoms with Crippen LogP contribution >= 0.6 is 12.4 Å². The van der Waals surface area contributed by atoms with Crippen molar-refractivity contribution >= 4 is 12.4 Å². The van der Waals surface area contributed by atoms with E-state index in [2.05, 4.69) is 4.74 Å². The summed E-state index contributed by atoms with van der Waals surface area (Å²) in [4.78, 5) is 0. The zero-order chi connectivity index (χ0) is 16.3. The largest absolute Gasteiger partial charge is 0.461 e. The molecule has 3 nitrogen and oxygen atoms in total. The molecular weight excluding hydrogens is 338 g/mol. The quantitative estimate of drug-likeness (QED) is 0.759. The van der Waals surface area contributed by atoms with Gasteiger partial charge in [-0.2, -0.15) is 17.6 Å². The Bertz CT molecular complexity index is 481. The van der Waals surface area contributed by atoms with Gasteiger partial charge in [0, 0.05) is 0 Å². The molecule has 8 heteroatoms. The Morgan fingerprint density at radius 2 is 1.65 bits per heavy atom. The van der Waals surface area contributed by atoms with E-state index in [0.29, 0.717) is 5.56 Å². The highest BCUT2D eigenvalue weighted by atomic mass is 35.5. The summed E-state index contributed by atoms with van der Waals surface area (Å²) < 4.78 is 53.7. The van der Waals surface area contributed by atoms with Crippen molar-refractivity contribution in [3.63, 3.8) is 0 Å². The van der Waals surface area contributed by atoms with Gasteiger partial charge in [-0.05, 0) is 36.5 Å². The van der Waals surface area contributed by atoms with Crippen LogP contribution < -0.4 is 10.5 Å². The Morgan fingerprint density at radius 3 is 2.13 bits per heavy atom. The van der Waals surface area contributed by atoms with Crippen molar-refractivity contribution in [3.8, 4) is 5.75 Å². The summed E-state index contributed by atoms with van der Waals surface area (Å²) in [6.07, 6.45) is -5.20. The Morgan fingerprint density at radius 1 is 1.13 bits per heavy atom. The van der Waals surface area contributed by atoms with Crippen molar-refractivity contribution in [3.05, 3.63) is 29.8 Å². The second-order valence-corrected chi connectivity index (χ2v) is 5.59. The molecule has 0 radical (unpaired) electrons. The number of hydrogen-bond donors (Lipinski definition) is 2. The minimum absolute atomic E-state index is 0. The molecule has 2 atom stereocenters. The predicted molar refractivity (Wildman–Crippen MR) is 80.2 cm³/mol. The molecule has 23 heavy (non-hydrogen) atoms. The van der Waals surface area contributed by atoms with E-state index >= 15 is 0 Å². The molecule has 0 heterocycles. The van der Waals surface area contributed by atoms with E-state index in [1.54, 1.807) is 0 Å². The predicted octanol–water partition coefficient (Wildman–Crippen LogP) is 3.90. The highest BCUT2D eigenvalue weighted by Crippen LogP contribution is 2.33. The third-order valence-electron chi connectivity index (χ3n) is 4.02. The van der Waals surface area contributed by atoms with Gasteiger partial charge in [-0.25, -0.2) is 0 Å². The lowest BCUT2D eigenvalue weighted by atomic mass is 9.91. The maximum absolute atomic E-state index is 12.8. The van der Waals surface area contributed by atoms with Crippen LogP contribution in [0.5, 0.6) is 5.75 Å². The molecule has 1 aliphatic carbocycles. The van der Waals surface area contributed by atoms with Crippen LogP contribution in [0.3, 0.4) is 0 Å². The van der Waals surface area contributed by atoms with E-state index in [1.807, 2.05) is 0 Å². The zero-order valence-corrected chi connectivity index (χ0v) is 13.1. The number of aliphatic hydroxyl groups is 1. The van der Waals surface area contributed by atoms with Crippen LogP contribution in [0.4, 0.5) is 17.6 Å². The summed E-state index contributed by atoms with van der Waals surface area (Å²) in [5.74, 6) is -0.245. The van der Waals surface area contributed by atoms with Gasteiger partial charge in [0.05, 0.1) is 12.1 Å². The molecule has 0 aliphatic heterocycles. The van der Waals surface area contributed by atoms with Crippen molar-refractivity contribution in [2.75, 3.05) is 0 Å². The smallest absolute Gasteiger partial charge is 0.428 e. The molecule has 1 saturated carbocycles.